The molecule has 1 saturated heterocycles. The molecule has 0 bridgehead atoms. The predicted octanol–water partition coefficient (Wildman–Crippen LogP) is 6.25. The van der Waals surface area contributed by atoms with Crippen molar-refractivity contribution in [1.29, 1.82) is 0 Å². The van der Waals surface area contributed by atoms with Crippen LogP contribution in [0.5, 0.6) is 5.75 Å². The molecule has 6 nitrogen and oxygen atoms in total. The van der Waals surface area contributed by atoms with E-state index in [9.17, 15) is 19.1 Å². The molecule has 0 saturated carbocycles. The number of aromatic nitrogens is 1. The summed E-state index contributed by atoms with van der Waals surface area (Å²) in [5.41, 5.74) is 1.30. The van der Waals surface area contributed by atoms with Gasteiger partial charge < -0.3 is 14.8 Å². The average Bonchev–Trinajstić information content (AvgIpc) is 3.37. The molecular weight excluding hydrogens is 494 g/mol. The SMILES string of the molecule is COc1c(Cl)cc(Cl)cc1/C(O)=C1\C(=O)C(=O)N(c2cccc(F)c2)C1c1c[nH]c2ccccc12. The molecular formula is C26H17Cl2FN2O4. The third kappa shape index (κ3) is 3.73. The largest absolute Gasteiger partial charge is 0.507 e. The van der Waals surface area contributed by atoms with Gasteiger partial charge in [0.25, 0.3) is 11.7 Å². The highest BCUT2D eigenvalue weighted by atomic mass is 35.5. The number of ether oxygens (including phenoxy) is 1. The van der Waals surface area contributed by atoms with E-state index < -0.39 is 29.3 Å². The van der Waals surface area contributed by atoms with Gasteiger partial charge in [0.2, 0.25) is 0 Å². The lowest BCUT2D eigenvalue weighted by Crippen LogP contribution is -2.29. The number of ketones is 1. The zero-order valence-electron chi connectivity index (χ0n) is 18.2. The summed E-state index contributed by atoms with van der Waals surface area (Å²) >= 11 is 12.4. The molecule has 0 aliphatic carbocycles. The molecule has 1 atom stereocenters. The van der Waals surface area contributed by atoms with E-state index in [1.807, 2.05) is 24.3 Å². The number of para-hydroxylation sites is 1. The number of methoxy groups -OCH3 is 1. The van der Waals surface area contributed by atoms with Gasteiger partial charge in [-0.15, -0.1) is 0 Å². The Morgan fingerprint density at radius 3 is 2.60 bits per heavy atom. The van der Waals surface area contributed by atoms with Crippen LogP contribution in [0.25, 0.3) is 16.7 Å². The Bertz CT molecular complexity index is 1550. The number of aliphatic hydroxyl groups excluding tert-OH is 1. The summed E-state index contributed by atoms with van der Waals surface area (Å²) in [6.07, 6.45) is 1.66. The van der Waals surface area contributed by atoms with Crippen molar-refractivity contribution in [2.75, 3.05) is 12.0 Å². The van der Waals surface area contributed by atoms with E-state index in [0.717, 1.165) is 17.0 Å². The van der Waals surface area contributed by atoms with Gasteiger partial charge in [0, 0.05) is 33.4 Å². The van der Waals surface area contributed by atoms with Crippen molar-refractivity contribution in [3.05, 3.63) is 99.4 Å². The van der Waals surface area contributed by atoms with E-state index in [2.05, 4.69) is 4.98 Å². The summed E-state index contributed by atoms with van der Waals surface area (Å²) in [6, 6.07) is 14.4. The normalized spacial score (nSPS) is 17.4. The summed E-state index contributed by atoms with van der Waals surface area (Å²) in [4.78, 5) is 31.0. The van der Waals surface area contributed by atoms with Gasteiger partial charge in [-0.1, -0.05) is 47.5 Å². The van der Waals surface area contributed by atoms with Crippen molar-refractivity contribution in [2.24, 2.45) is 0 Å². The topological polar surface area (TPSA) is 82.6 Å². The fourth-order valence-corrected chi connectivity index (χ4v) is 5.00. The third-order valence-electron chi connectivity index (χ3n) is 5.91. The number of amides is 1. The number of carbonyl (C=O) groups is 2. The Morgan fingerprint density at radius 1 is 1.09 bits per heavy atom. The number of hydrogen-bond acceptors (Lipinski definition) is 4. The van der Waals surface area contributed by atoms with Crippen molar-refractivity contribution in [3.63, 3.8) is 0 Å². The lowest BCUT2D eigenvalue weighted by molar-refractivity contribution is -0.132. The van der Waals surface area contributed by atoms with Crippen LogP contribution in [0.3, 0.4) is 0 Å². The molecule has 0 radical (unpaired) electrons. The van der Waals surface area contributed by atoms with Gasteiger partial charge in [0.05, 0.1) is 29.3 Å². The van der Waals surface area contributed by atoms with Gasteiger partial charge in [0.15, 0.2) is 0 Å². The molecule has 176 valence electrons. The van der Waals surface area contributed by atoms with Gasteiger partial charge in [-0.25, -0.2) is 4.39 Å². The number of fused-ring (bicyclic) bond motifs is 1. The maximum atomic E-state index is 14.1. The zero-order valence-corrected chi connectivity index (χ0v) is 19.7. The van der Waals surface area contributed by atoms with Crippen LogP contribution in [-0.4, -0.2) is 28.9 Å². The lowest BCUT2D eigenvalue weighted by atomic mass is 9.94. The molecule has 35 heavy (non-hydrogen) atoms. The van der Waals surface area contributed by atoms with Crippen LogP contribution in [0.4, 0.5) is 10.1 Å². The van der Waals surface area contributed by atoms with Crippen LogP contribution in [0.1, 0.15) is 17.2 Å². The number of anilines is 1. The number of benzene rings is 3. The van der Waals surface area contributed by atoms with Crippen LogP contribution in [-0.2, 0) is 9.59 Å². The summed E-state index contributed by atoms with van der Waals surface area (Å²) in [7, 11) is 1.36. The Morgan fingerprint density at radius 2 is 1.86 bits per heavy atom. The molecule has 2 N–H and O–H groups in total. The standard InChI is InChI=1S/C26H17Cl2FN2O4/c1-35-25-17(9-13(27)10-19(25)28)23(32)21-22(18-12-30-20-8-3-2-7-16(18)20)31(26(34)24(21)33)15-6-4-5-14(29)11-15/h2-12,22,30,32H,1H3/b23-21+. The first-order valence-corrected chi connectivity index (χ1v) is 11.2. The van der Waals surface area contributed by atoms with Crippen LogP contribution in [0, 0.1) is 5.82 Å². The first-order valence-electron chi connectivity index (χ1n) is 10.5. The van der Waals surface area contributed by atoms with Crippen molar-refractivity contribution < 1.29 is 23.8 Å². The Kier molecular flexibility index (Phi) is 5.75. The Balaban J connectivity index is 1.83. The third-order valence-corrected chi connectivity index (χ3v) is 6.41. The van der Waals surface area contributed by atoms with Gasteiger partial charge in [-0.2, -0.15) is 0 Å². The van der Waals surface area contributed by atoms with Crippen LogP contribution < -0.4 is 9.64 Å². The number of nitrogens with zero attached hydrogens (tertiary/aromatic N) is 1. The molecule has 1 aliphatic heterocycles. The van der Waals surface area contributed by atoms with Crippen molar-refractivity contribution in [1.82, 2.24) is 4.98 Å². The molecule has 9 heteroatoms. The molecule has 1 unspecified atom stereocenters. The number of carbonyl (C=O) groups excluding carboxylic acids is 2. The summed E-state index contributed by atoms with van der Waals surface area (Å²) < 4.78 is 19.5. The van der Waals surface area contributed by atoms with Gasteiger partial charge >= 0.3 is 0 Å². The molecule has 1 amide bonds. The summed E-state index contributed by atoms with van der Waals surface area (Å²) in [5, 5.41) is 12.5. The molecule has 0 spiro atoms. The van der Waals surface area contributed by atoms with Crippen LogP contribution >= 0.6 is 23.2 Å². The van der Waals surface area contributed by atoms with Crippen molar-refractivity contribution in [3.8, 4) is 5.75 Å². The number of rotatable bonds is 4. The predicted molar refractivity (Wildman–Crippen MR) is 132 cm³/mol. The van der Waals surface area contributed by atoms with Gasteiger partial charge in [0.1, 0.15) is 17.3 Å². The number of H-pyrrole nitrogens is 1. The monoisotopic (exact) mass is 510 g/mol. The minimum Gasteiger partial charge on any atom is -0.507 e. The second kappa shape index (κ2) is 8.76. The van der Waals surface area contributed by atoms with E-state index in [1.165, 1.54) is 42.3 Å². The molecule has 3 aromatic carbocycles. The maximum absolute atomic E-state index is 14.1. The van der Waals surface area contributed by atoms with Gasteiger partial charge in [-0.3, -0.25) is 14.5 Å². The van der Waals surface area contributed by atoms with E-state index in [-0.39, 0.29) is 32.6 Å². The fraction of sp³-hybridized carbons (Fsp3) is 0.0769. The van der Waals surface area contributed by atoms with E-state index >= 15 is 0 Å². The number of Topliss-reactive ketones (excluding diaryl/α,β-unsaturated/α-hetero) is 1. The zero-order chi connectivity index (χ0) is 24.9. The van der Waals surface area contributed by atoms with Gasteiger partial charge in [-0.05, 0) is 36.4 Å². The summed E-state index contributed by atoms with van der Waals surface area (Å²) in [5.74, 6) is -2.87. The van der Waals surface area contributed by atoms with E-state index in [4.69, 9.17) is 27.9 Å². The quantitative estimate of drug-likeness (QED) is 0.193. The highest BCUT2D eigenvalue weighted by Crippen LogP contribution is 2.46. The molecule has 1 aromatic heterocycles. The fourth-order valence-electron chi connectivity index (χ4n) is 4.43. The second-order valence-corrected chi connectivity index (χ2v) is 8.75. The number of nitrogens with one attached hydrogen (secondary N) is 1. The average molecular weight is 511 g/mol. The number of aliphatic hydroxyl groups is 1. The van der Waals surface area contributed by atoms with Crippen LogP contribution in [0.2, 0.25) is 10.0 Å². The highest BCUT2D eigenvalue weighted by Gasteiger charge is 2.48. The van der Waals surface area contributed by atoms with Crippen LogP contribution in [0.15, 0.2) is 72.4 Å². The highest BCUT2D eigenvalue weighted by molar-refractivity contribution is 6.52. The minimum absolute atomic E-state index is 0.0482. The van der Waals surface area contributed by atoms with Crippen molar-refractivity contribution >= 4 is 57.2 Å². The number of hydrogen-bond donors (Lipinski definition) is 2. The summed E-state index contributed by atoms with van der Waals surface area (Å²) in [6.45, 7) is 0. The van der Waals surface area contributed by atoms with Crippen molar-refractivity contribution in [2.45, 2.75) is 6.04 Å². The minimum atomic E-state index is -1.07. The second-order valence-electron chi connectivity index (χ2n) is 7.91. The molecule has 1 fully saturated rings. The number of halogens is 3. The molecule has 1 aliphatic rings. The first kappa shape index (κ1) is 23.0. The molecule has 2 heterocycles. The molecule has 5 rings (SSSR count). The van der Waals surface area contributed by atoms with E-state index in [1.54, 1.807) is 6.20 Å². The lowest BCUT2D eigenvalue weighted by Gasteiger charge is -2.25. The first-order chi connectivity index (χ1) is 16.8. The maximum Gasteiger partial charge on any atom is 0.300 e. The van der Waals surface area contributed by atoms with E-state index in [0.29, 0.717) is 5.56 Å². The Labute approximate surface area is 209 Å². The smallest absolute Gasteiger partial charge is 0.300 e. The number of aromatic amines is 1. The molecule has 4 aromatic rings. The Hall–Kier alpha value is -3.81.